The van der Waals surface area contributed by atoms with Crippen molar-refractivity contribution < 1.29 is 9.53 Å². The number of ether oxygens (including phenoxy) is 1. The molecule has 0 N–H and O–H groups in total. The van der Waals surface area contributed by atoms with Crippen LogP contribution < -0.4 is 0 Å². The molecule has 0 spiro atoms. The first-order valence-corrected chi connectivity index (χ1v) is 8.05. The van der Waals surface area contributed by atoms with Gasteiger partial charge >= 0.3 is 0 Å². The molecule has 2 aliphatic rings. The normalized spacial score (nSPS) is 26.6. The second-order valence-electron chi connectivity index (χ2n) is 6.28. The average molecular weight is 267 g/mol. The molecule has 110 valence electrons. The lowest BCUT2D eigenvalue weighted by atomic mass is 9.80. The van der Waals surface area contributed by atoms with Crippen molar-refractivity contribution in [3.8, 4) is 0 Å². The minimum Gasteiger partial charge on any atom is -0.379 e. The largest absolute Gasteiger partial charge is 0.379 e. The molecule has 2 rings (SSSR count). The van der Waals surface area contributed by atoms with Crippen molar-refractivity contribution in [1.29, 1.82) is 0 Å². The molecule has 1 aliphatic heterocycles. The minimum atomic E-state index is -0.265. The summed E-state index contributed by atoms with van der Waals surface area (Å²) in [5.41, 5.74) is -0.265. The zero-order valence-electron chi connectivity index (χ0n) is 12.6. The van der Waals surface area contributed by atoms with Crippen LogP contribution in [0.2, 0.25) is 0 Å². The van der Waals surface area contributed by atoms with Gasteiger partial charge in [0.15, 0.2) is 5.78 Å². The highest BCUT2D eigenvalue weighted by molar-refractivity contribution is 5.90. The van der Waals surface area contributed by atoms with Gasteiger partial charge in [-0.1, -0.05) is 32.6 Å². The number of carbonyl (C=O) groups is 1. The van der Waals surface area contributed by atoms with Gasteiger partial charge in [0.1, 0.15) is 0 Å². The Bertz CT molecular complexity index is 291. The molecule has 3 nitrogen and oxygen atoms in total. The van der Waals surface area contributed by atoms with E-state index in [1.165, 1.54) is 25.7 Å². The van der Waals surface area contributed by atoms with Crippen molar-refractivity contribution in [2.24, 2.45) is 5.92 Å². The fourth-order valence-corrected chi connectivity index (χ4v) is 3.59. The lowest BCUT2D eigenvalue weighted by Gasteiger charge is -2.43. The van der Waals surface area contributed by atoms with E-state index in [0.29, 0.717) is 11.7 Å². The summed E-state index contributed by atoms with van der Waals surface area (Å²) in [6, 6.07) is 0. The Labute approximate surface area is 117 Å². The van der Waals surface area contributed by atoms with Crippen molar-refractivity contribution in [1.82, 2.24) is 4.90 Å². The molecule has 2 fully saturated rings. The molecule has 1 saturated carbocycles. The maximum atomic E-state index is 13.0. The van der Waals surface area contributed by atoms with E-state index in [2.05, 4.69) is 18.7 Å². The third-order valence-corrected chi connectivity index (χ3v) is 5.15. The van der Waals surface area contributed by atoms with Gasteiger partial charge in [0.25, 0.3) is 0 Å². The van der Waals surface area contributed by atoms with E-state index in [9.17, 15) is 4.79 Å². The Balaban J connectivity index is 2.07. The van der Waals surface area contributed by atoms with Crippen molar-refractivity contribution >= 4 is 5.78 Å². The van der Waals surface area contributed by atoms with Crippen LogP contribution in [0.1, 0.15) is 58.8 Å². The summed E-state index contributed by atoms with van der Waals surface area (Å²) in [6.07, 6.45) is 8.23. The maximum absolute atomic E-state index is 13.0. The molecule has 19 heavy (non-hydrogen) atoms. The third kappa shape index (κ3) is 3.38. The van der Waals surface area contributed by atoms with Gasteiger partial charge < -0.3 is 4.74 Å². The zero-order chi connectivity index (χ0) is 13.7. The highest BCUT2D eigenvalue weighted by atomic mass is 16.5. The summed E-state index contributed by atoms with van der Waals surface area (Å²) in [6.45, 7) is 7.67. The molecule has 0 aromatic carbocycles. The van der Waals surface area contributed by atoms with Gasteiger partial charge in [-0.05, 0) is 26.2 Å². The first-order valence-electron chi connectivity index (χ1n) is 8.05. The summed E-state index contributed by atoms with van der Waals surface area (Å²) in [5.74, 6) is 0.800. The Morgan fingerprint density at radius 1 is 1.16 bits per heavy atom. The van der Waals surface area contributed by atoms with Crippen molar-refractivity contribution in [2.45, 2.75) is 64.3 Å². The molecule has 1 aliphatic carbocycles. The standard InChI is InChI=1S/C16H29NO2/c1-3-16(2,17-10-12-19-13-11-17)15(18)14-8-6-4-5-7-9-14/h14H,3-13H2,1-2H3. The summed E-state index contributed by atoms with van der Waals surface area (Å²) in [5, 5.41) is 0. The van der Waals surface area contributed by atoms with Crippen LogP contribution in [0.25, 0.3) is 0 Å². The van der Waals surface area contributed by atoms with Crippen molar-refractivity contribution in [3.05, 3.63) is 0 Å². The molecule has 0 amide bonds. The van der Waals surface area contributed by atoms with Gasteiger partial charge in [-0.15, -0.1) is 0 Å². The minimum absolute atomic E-state index is 0.265. The lowest BCUT2D eigenvalue weighted by Crippen LogP contribution is -2.57. The molecule has 3 heteroatoms. The number of carbonyl (C=O) groups excluding carboxylic acids is 1. The molecule has 0 bridgehead atoms. The topological polar surface area (TPSA) is 29.5 Å². The van der Waals surface area contributed by atoms with Gasteiger partial charge in [0.2, 0.25) is 0 Å². The van der Waals surface area contributed by atoms with E-state index < -0.39 is 0 Å². The molecule has 1 saturated heterocycles. The number of rotatable bonds is 4. The summed E-state index contributed by atoms with van der Waals surface area (Å²) < 4.78 is 5.43. The van der Waals surface area contributed by atoms with Gasteiger partial charge in [-0.25, -0.2) is 0 Å². The lowest BCUT2D eigenvalue weighted by molar-refractivity contribution is -0.138. The summed E-state index contributed by atoms with van der Waals surface area (Å²) in [7, 11) is 0. The van der Waals surface area contributed by atoms with Crippen LogP contribution in [0, 0.1) is 5.92 Å². The Morgan fingerprint density at radius 2 is 1.74 bits per heavy atom. The predicted molar refractivity (Wildman–Crippen MR) is 77.3 cm³/mol. The van der Waals surface area contributed by atoms with Crippen LogP contribution in [0.4, 0.5) is 0 Å². The van der Waals surface area contributed by atoms with Crippen molar-refractivity contribution in [2.75, 3.05) is 26.3 Å². The van der Waals surface area contributed by atoms with E-state index in [1.54, 1.807) is 0 Å². The summed E-state index contributed by atoms with van der Waals surface area (Å²) in [4.78, 5) is 15.4. The zero-order valence-corrected chi connectivity index (χ0v) is 12.6. The van der Waals surface area contributed by atoms with Crippen LogP contribution in [-0.2, 0) is 9.53 Å². The maximum Gasteiger partial charge on any atom is 0.155 e. The van der Waals surface area contributed by atoms with E-state index in [1.807, 2.05) is 0 Å². The van der Waals surface area contributed by atoms with Gasteiger partial charge in [0.05, 0.1) is 18.8 Å². The second-order valence-corrected chi connectivity index (χ2v) is 6.28. The van der Waals surface area contributed by atoms with Crippen molar-refractivity contribution in [3.63, 3.8) is 0 Å². The first-order chi connectivity index (χ1) is 9.18. The number of ketones is 1. The average Bonchev–Trinajstić information content (AvgIpc) is 2.75. The van der Waals surface area contributed by atoms with Gasteiger partial charge in [0, 0.05) is 19.0 Å². The Morgan fingerprint density at radius 3 is 2.26 bits per heavy atom. The van der Waals surface area contributed by atoms with E-state index >= 15 is 0 Å². The second kappa shape index (κ2) is 6.85. The van der Waals surface area contributed by atoms with Gasteiger partial charge in [-0.3, -0.25) is 9.69 Å². The van der Waals surface area contributed by atoms with Crippen LogP contribution in [0.5, 0.6) is 0 Å². The van der Waals surface area contributed by atoms with Crippen LogP contribution in [0.15, 0.2) is 0 Å². The summed E-state index contributed by atoms with van der Waals surface area (Å²) >= 11 is 0. The molecule has 1 heterocycles. The SMILES string of the molecule is CCC(C)(C(=O)C1CCCCCC1)N1CCOCC1. The Kier molecular flexibility index (Phi) is 5.40. The fraction of sp³-hybridized carbons (Fsp3) is 0.938. The number of hydrogen-bond donors (Lipinski definition) is 0. The number of nitrogens with zero attached hydrogens (tertiary/aromatic N) is 1. The predicted octanol–water partition coefficient (Wildman–Crippen LogP) is 3.03. The monoisotopic (exact) mass is 267 g/mol. The molecule has 0 aromatic rings. The van der Waals surface area contributed by atoms with E-state index in [0.717, 1.165) is 45.6 Å². The highest BCUT2D eigenvalue weighted by Crippen LogP contribution is 2.32. The van der Waals surface area contributed by atoms with Crippen LogP contribution in [0.3, 0.4) is 0 Å². The number of hydrogen-bond acceptors (Lipinski definition) is 3. The van der Waals surface area contributed by atoms with E-state index in [4.69, 9.17) is 4.74 Å². The van der Waals surface area contributed by atoms with Gasteiger partial charge in [-0.2, -0.15) is 0 Å². The van der Waals surface area contributed by atoms with Crippen LogP contribution >= 0.6 is 0 Å². The first kappa shape index (κ1) is 15.0. The highest BCUT2D eigenvalue weighted by Gasteiger charge is 2.41. The smallest absolute Gasteiger partial charge is 0.155 e. The molecule has 0 radical (unpaired) electrons. The molecule has 0 aromatic heterocycles. The molecule has 1 atom stereocenters. The third-order valence-electron chi connectivity index (χ3n) is 5.15. The quantitative estimate of drug-likeness (QED) is 0.733. The fourth-order valence-electron chi connectivity index (χ4n) is 3.59. The molecule has 1 unspecified atom stereocenters. The molecular formula is C16H29NO2. The molecular weight excluding hydrogens is 238 g/mol. The number of morpholine rings is 1. The van der Waals surface area contributed by atoms with Crippen LogP contribution in [-0.4, -0.2) is 42.5 Å². The van der Waals surface area contributed by atoms with E-state index in [-0.39, 0.29) is 5.54 Å². The number of Topliss-reactive ketones (excluding diaryl/α,β-unsaturated/α-hetero) is 1. The Hall–Kier alpha value is -0.410.